The van der Waals surface area contributed by atoms with Gasteiger partial charge in [0.05, 0.1) is 30.7 Å². The standard InChI is InChI=1S/C25H21ClN2O4S/c1-4-32-25(30)18-13(2)28-24-20(19(18)14-5-9-16(26)10-6-14)21(27)23(33-24)22(29)15-7-11-17(31-3)12-8-15/h5-12H,4,27H2,1-3H3. The second-order valence-electron chi connectivity index (χ2n) is 7.26. The Morgan fingerprint density at radius 3 is 2.36 bits per heavy atom. The van der Waals surface area contributed by atoms with E-state index in [9.17, 15) is 9.59 Å². The van der Waals surface area contributed by atoms with E-state index in [0.717, 1.165) is 5.56 Å². The number of halogens is 1. The summed E-state index contributed by atoms with van der Waals surface area (Å²) in [5, 5.41) is 1.11. The van der Waals surface area contributed by atoms with Gasteiger partial charge in [-0.15, -0.1) is 11.3 Å². The highest BCUT2D eigenvalue weighted by atomic mass is 35.5. The van der Waals surface area contributed by atoms with Crippen molar-refractivity contribution >= 4 is 50.6 Å². The number of esters is 1. The fourth-order valence-electron chi connectivity index (χ4n) is 3.67. The third-order valence-electron chi connectivity index (χ3n) is 5.23. The van der Waals surface area contributed by atoms with Gasteiger partial charge in [0.25, 0.3) is 0 Å². The number of aromatic nitrogens is 1. The Balaban J connectivity index is 1.97. The highest BCUT2D eigenvalue weighted by Crippen LogP contribution is 2.43. The van der Waals surface area contributed by atoms with Crippen LogP contribution in [0.15, 0.2) is 48.5 Å². The third kappa shape index (κ3) is 4.17. The van der Waals surface area contributed by atoms with Gasteiger partial charge in [0.1, 0.15) is 15.5 Å². The topological polar surface area (TPSA) is 91.5 Å². The molecule has 0 spiro atoms. The number of hydrogen-bond acceptors (Lipinski definition) is 7. The van der Waals surface area contributed by atoms with Crippen LogP contribution in [-0.2, 0) is 4.74 Å². The molecule has 168 valence electrons. The molecule has 0 atom stereocenters. The largest absolute Gasteiger partial charge is 0.497 e. The Hall–Kier alpha value is -3.42. The van der Waals surface area contributed by atoms with Gasteiger partial charge >= 0.3 is 5.97 Å². The lowest BCUT2D eigenvalue weighted by atomic mass is 9.95. The summed E-state index contributed by atoms with van der Waals surface area (Å²) < 4.78 is 10.5. The molecule has 6 nitrogen and oxygen atoms in total. The number of carbonyl (C=O) groups is 2. The predicted molar refractivity (Wildman–Crippen MR) is 132 cm³/mol. The van der Waals surface area contributed by atoms with Crippen molar-refractivity contribution in [3.05, 3.63) is 75.3 Å². The van der Waals surface area contributed by atoms with Gasteiger partial charge in [-0.3, -0.25) is 4.79 Å². The molecule has 4 rings (SSSR count). The van der Waals surface area contributed by atoms with Crippen LogP contribution in [-0.4, -0.2) is 30.5 Å². The molecule has 0 saturated heterocycles. The van der Waals surface area contributed by atoms with Gasteiger partial charge in [-0.1, -0.05) is 23.7 Å². The van der Waals surface area contributed by atoms with Gasteiger partial charge in [0.15, 0.2) is 0 Å². The lowest BCUT2D eigenvalue weighted by Crippen LogP contribution is -2.10. The van der Waals surface area contributed by atoms with Crippen molar-refractivity contribution in [2.75, 3.05) is 19.5 Å². The molecule has 33 heavy (non-hydrogen) atoms. The van der Waals surface area contributed by atoms with Crippen LogP contribution in [0.4, 0.5) is 5.69 Å². The second kappa shape index (κ2) is 9.21. The van der Waals surface area contributed by atoms with Gasteiger partial charge in [0, 0.05) is 21.5 Å². The number of thiophene rings is 1. The monoisotopic (exact) mass is 480 g/mol. The van der Waals surface area contributed by atoms with E-state index in [1.165, 1.54) is 11.3 Å². The van der Waals surface area contributed by atoms with E-state index in [4.69, 9.17) is 26.8 Å². The van der Waals surface area contributed by atoms with Crippen LogP contribution in [0.2, 0.25) is 5.02 Å². The molecule has 8 heteroatoms. The first-order valence-electron chi connectivity index (χ1n) is 10.2. The number of hydrogen-bond donors (Lipinski definition) is 1. The summed E-state index contributed by atoms with van der Waals surface area (Å²) in [4.78, 5) is 31.7. The van der Waals surface area contributed by atoms with Gasteiger partial charge in [-0.05, 0) is 55.8 Å². The number of anilines is 1. The molecule has 0 aliphatic rings. The average Bonchev–Trinajstić information content (AvgIpc) is 3.14. The summed E-state index contributed by atoms with van der Waals surface area (Å²) in [5.74, 6) is -0.0733. The van der Waals surface area contributed by atoms with Crippen molar-refractivity contribution in [2.45, 2.75) is 13.8 Å². The van der Waals surface area contributed by atoms with Crippen molar-refractivity contribution in [3.8, 4) is 16.9 Å². The van der Waals surface area contributed by atoms with Crippen LogP contribution in [0.5, 0.6) is 5.75 Å². The maximum atomic E-state index is 13.3. The zero-order valence-corrected chi connectivity index (χ0v) is 19.8. The van der Waals surface area contributed by atoms with E-state index in [0.29, 0.717) is 48.3 Å². The highest BCUT2D eigenvalue weighted by molar-refractivity contribution is 7.21. The van der Waals surface area contributed by atoms with Gasteiger partial charge in [-0.2, -0.15) is 0 Å². The first-order chi connectivity index (χ1) is 15.8. The number of nitrogen functional groups attached to an aromatic ring is 1. The number of carbonyl (C=O) groups excluding carboxylic acids is 2. The molecule has 0 bridgehead atoms. The van der Waals surface area contributed by atoms with Crippen LogP contribution in [0, 0.1) is 6.92 Å². The Morgan fingerprint density at radius 2 is 1.76 bits per heavy atom. The summed E-state index contributed by atoms with van der Waals surface area (Å²) in [6.07, 6.45) is 0. The summed E-state index contributed by atoms with van der Waals surface area (Å²) in [7, 11) is 1.56. The maximum absolute atomic E-state index is 13.3. The summed E-state index contributed by atoms with van der Waals surface area (Å²) in [5.41, 5.74) is 9.42. The molecular weight excluding hydrogens is 460 g/mol. The first-order valence-corrected chi connectivity index (χ1v) is 11.4. The lowest BCUT2D eigenvalue weighted by Gasteiger charge is -2.14. The smallest absolute Gasteiger partial charge is 0.340 e. The first kappa shape index (κ1) is 22.8. The number of pyridine rings is 1. The Kier molecular flexibility index (Phi) is 6.35. The van der Waals surface area contributed by atoms with Gasteiger partial charge in [-0.25, -0.2) is 9.78 Å². The Labute approximate surface area is 199 Å². The molecule has 2 aromatic carbocycles. The van der Waals surface area contributed by atoms with Crippen LogP contribution in [0.25, 0.3) is 21.3 Å². The van der Waals surface area contributed by atoms with Crippen LogP contribution >= 0.6 is 22.9 Å². The molecule has 0 aliphatic carbocycles. The molecule has 0 amide bonds. The van der Waals surface area contributed by atoms with E-state index in [-0.39, 0.29) is 18.1 Å². The molecule has 0 unspecified atom stereocenters. The number of ether oxygens (including phenoxy) is 2. The number of fused-ring (bicyclic) bond motifs is 1. The van der Waals surface area contributed by atoms with E-state index in [1.807, 2.05) is 0 Å². The number of methoxy groups -OCH3 is 1. The Bertz CT molecular complexity index is 1360. The molecule has 2 N–H and O–H groups in total. The minimum atomic E-state index is -0.497. The molecule has 2 aromatic heterocycles. The van der Waals surface area contributed by atoms with Crippen LogP contribution in [0.3, 0.4) is 0 Å². The molecule has 0 radical (unpaired) electrons. The predicted octanol–water partition coefficient (Wildman–Crippen LogP) is 5.92. The lowest BCUT2D eigenvalue weighted by molar-refractivity contribution is 0.0526. The van der Waals surface area contributed by atoms with Crippen molar-refractivity contribution in [1.82, 2.24) is 4.98 Å². The zero-order chi connectivity index (χ0) is 23.7. The van der Waals surface area contributed by atoms with Gasteiger partial charge < -0.3 is 15.2 Å². The Morgan fingerprint density at radius 1 is 1.09 bits per heavy atom. The molecular formula is C25H21ClN2O4S. The third-order valence-corrected chi connectivity index (χ3v) is 6.58. The molecule has 0 aliphatic heterocycles. The average molecular weight is 481 g/mol. The molecule has 0 fully saturated rings. The van der Waals surface area contributed by atoms with Gasteiger partial charge in [0.2, 0.25) is 5.78 Å². The molecule has 2 heterocycles. The summed E-state index contributed by atoms with van der Waals surface area (Å²) in [6.45, 7) is 3.70. The molecule has 0 saturated carbocycles. The number of nitrogens with zero attached hydrogens (tertiary/aromatic N) is 1. The highest BCUT2D eigenvalue weighted by Gasteiger charge is 2.27. The normalized spacial score (nSPS) is 10.9. The van der Waals surface area contributed by atoms with Crippen molar-refractivity contribution in [2.24, 2.45) is 0 Å². The van der Waals surface area contributed by atoms with Crippen molar-refractivity contribution in [3.63, 3.8) is 0 Å². The number of nitrogens with two attached hydrogens (primary N) is 1. The SMILES string of the molecule is CCOC(=O)c1c(C)nc2sc(C(=O)c3ccc(OC)cc3)c(N)c2c1-c1ccc(Cl)cc1. The van der Waals surface area contributed by atoms with Crippen LogP contribution < -0.4 is 10.5 Å². The van der Waals surface area contributed by atoms with Crippen molar-refractivity contribution in [1.29, 1.82) is 0 Å². The zero-order valence-electron chi connectivity index (χ0n) is 18.3. The number of rotatable bonds is 6. The fourth-order valence-corrected chi connectivity index (χ4v) is 4.90. The van der Waals surface area contributed by atoms with E-state index in [1.54, 1.807) is 69.5 Å². The minimum Gasteiger partial charge on any atom is -0.497 e. The number of benzene rings is 2. The van der Waals surface area contributed by atoms with Crippen molar-refractivity contribution < 1.29 is 19.1 Å². The molecule has 4 aromatic rings. The quantitative estimate of drug-likeness (QED) is 0.272. The second-order valence-corrected chi connectivity index (χ2v) is 8.69. The number of ketones is 1. The summed E-state index contributed by atoms with van der Waals surface area (Å²) >= 11 is 7.29. The fraction of sp³-hybridized carbons (Fsp3) is 0.160. The van der Waals surface area contributed by atoms with E-state index >= 15 is 0 Å². The maximum Gasteiger partial charge on any atom is 0.340 e. The number of aryl methyl sites for hydroxylation is 1. The van der Waals surface area contributed by atoms with E-state index in [2.05, 4.69) is 4.98 Å². The van der Waals surface area contributed by atoms with Crippen LogP contribution in [0.1, 0.15) is 38.2 Å². The summed E-state index contributed by atoms with van der Waals surface area (Å²) in [6, 6.07) is 13.9. The minimum absolute atomic E-state index is 0.219. The van der Waals surface area contributed by atoms with E-state index < -0.39 is 5.97 Å².